The summed E-state index contributed by atoms with van der Waals surface area (Å²) >= 11 is 0. The van der Waals surface area contributed by atoms with Gasteiger partial charge in [-0.1, -0.05) is 6.42 Å². The summed E-state index contributed by atoms with van der Waals surface area (Å²) in [5.74, 6) is -0.937. The van der Waals surface area contributed by atoms with Crippen LogP contribution in [0.3, 0.4) is 0 Å². The van der Waals surface area contributed by atoms with Crippen molar-refractivity contribution >= 4 is 11.7 Å². The zero-order valence-corrected chi connectivity index (χ0v) is 12.0. The van der Waals surface area contributed by atoms with E-state index in [0.717, 1.165) is 18.9 Å². The predicted octanol–water partition coefficient (Wildman–Crippen LogP) is 3.60. The molecule has 0 amide bonds. The average molecular weight is 295 g/mol. The van der Waals surface area contributed by atoms with Gasteiger partial charge in [0.05, 0.1) is 18.4 Å². The molecule has 0 radical (unpaired) electrons. The first-order valence-electron chi connectivity index (χ1n) is 7.40. The van der Waals surface area contributed by atoms with Crippen LogP contribution in [-0.4, -0.2) is 19.6 Å². The first kappa shape index (κ1) is 14.3. The standard InChI is InChI=1S/C16H19F2NO2/c1-21-16(20)12-4-5-13(15(18)14(12)17)19-8-11-7-9-2-3-10(11)6-9/h4-5,9-11,19H,2-3,6-8H2,1H3. The summed E-state index contributed by atoms with van der Waals surface area (Å²) in [4.78, 5) is 11.3. The second-order valence-electron chi connectivity index (χ2n) is 6.10. The lowest BCUT2D eigenvalue weighted by molar-refractivity contribution is 0.0594. The number of carbonyl (C=O) groups excluding carboxylic acids is 1. The third-order valence-electron chi connectivity index (χ3n) is 4.93. The van der Waals surface area contributed by atoms with Gasteiger partial charge in [0.25, 0.3) is 0 Å². The van der Waals surface area contributed by atoms with Gasteiger partial charge in [-0.25, -0.2) is 13.6 Å². The van der Waals surface area contributed by atoms with Crippen LogP contribution < -0.4 is 5.32 Å². The number of carbonyl (C=O) groups is 1. The molecule has 21 heavy (non-hydrogen) atoms. The lowest BCUT2D eigenvalue weighted by atomic mass is 9.89. The molecule has 3 atom stereocenters. The number of ether oxygens (including phenoxy) is 1. The van der Waals surface area contributed by atoms with Gasteiger partial charge in [0, 0.05) is 6.54 Å². The van der Waals surface area contributed by atoms with Gasteiger partial charge in [0.15, 0.2) is 11.6 Å². The molecule has 3 nitrogen and oxygen atoms in total. The van der Waals surface area contributed by atoms with E-state index in [-0.39, 0.29) is 11.3 Å². The summed E-state index contributed by atoms with van der Waals surface area (Å²) in [7, 11) is 1.14. The average Bonchev–Trinajstić information content (AvgIpc) is 3.10. The molecule has 0 spiro atoms. The predicted molar refractivity (Wildman–Crippen MR) is 75.1 cm³/mol. The molecule has 1 aromatic rings. The molecule has 2 aliphatic rings. The Kier molecular flexibility index (Phi) is 3.83. The van der Waals surface area contributed by atoms with Crippen molar-refractivity contribution in [1.82, 2.24) is 0 Å². The second-order valence-corrected chi connectivity index (χ2v) is 6.10. The lowest BCUT2D eigenvalue weighted by Crippen LogP contribution is -2.21. The SMILES string of the molecule is COC(=O)c1ccc(NCC2CC3CCC2C3)c(F)c1F. The summed E-state index contributed by atoms with van der Waals surface area (Å²) in [6.45, 7) is 0.662. The molecular weight excluding hydrogens is 276 g/mol. The highest BCUT2D eigenvalue weighted by Crippen LogP contribution is 2.48. The number of methoxy groups -OCH3 is 1. The zero-order chi connectivity index (χ0) is 15.0. The third kappa shape index (κ3) is 2.61. The molecule has 0 aromatic heterocycles. The van der Waals surface area contributed by atoms with Crippen LogP contribution in [0.4, 0.5) is 14.5 Å². The van der Waals surface area contributed by atoms with E-state index in [0.29, 0.717) is 12.5 Å². The lowest BCUT2D eigenvalue weighted by Gasteiger charge is -2.22. The number of hydrogen-bond donors (Lipinski definition) is 1. The molecule has 1 aromatic carbocycles. The van der Waals surface area contributed by atoms with Crippen LogP contribution in [0.2, 0.25) is 0 Å². The van der Waals surface area contributed by atoms with Crippen LogP contribution in [0.25, 0.3) is 0 Å². The van der Waals surface area contributed by atoms with Gasteiger partial charge in [0.1, 0.15) is 0 Å². The van der Waals surface area contributed by atoms with Crippen molar-refractivity contribution in [3.63, 3.8) is 0 Å². The van der Waals surface area contributed by atoms with Crippen LogP contribution in [0.1, 0.15) is 36.0 Å². The highest BCUT2D eigenvalue weighted by Gasteiger charge is 2.39. The van der Waals surface area contributed by atoms with E-state index in [1.807, 2.05) is 0 Å². The van der Waals surface area contributed by atoms with Crippen LogP contribution in [0.15, 0.2) is 12.1 Å². The minimum atomic E-state index is -1.15. The number of fused-ring (bicyclic) bond motifs is 2. The van der Waals surface area contributed by atoms with Crippen molar-refractivity contribution in [2.24, 2.45) is 17.8 Å². The quantitative estimate of drug-likeness (QED) is 0.863. The van der Waals surface area contributed by atoms with E-state index in [2.05, 4.69) is 10.1 Å². The number of nitrogens with one attached hydrogen (secondary N) is 1. The van der Waals surface area contributed by atoms with Crippen molar-refractivity contribution in [2.45, 2.75) is 25.7 Å². The summed E-state index contributed by atoms with van der Waals surface area (Å²) in [6.07, 6.45) is 5.04. The monoisotopic (exact) mass is 295 g/mol. The van der Waals surface area contributed by atoms with E-state index in [4.69, 9.17) is 0 Å². The molecule has 2 fully saturated rings. The van der Waals surface area contributed by atoms with Crippen molar-refractivity contribution in [3.05, 3.63) is 29.3 Å². The molecule has 3 unspecified atom stereocenters. The zero-order valence-electron chi connectivity index (χ0n) is 12.0. The fourth-order valence-electron chi connectivity index (χ4n) is 3.82. The Labute approximate surface area is 122 Å². The van der Waals surface area contributed by atoms with E-state index >= 15 is 0 Å². The molecule has 1 N–H and O–H groups in total. The molecule has 0 aliphatic heterocycles. The molecule has 114 valence electrons. The highest BCUT2D eigenvalue weighted by atomic mass is 19.2. The van der Waals surface area contributed by atoms with Crippen molar-refractivity contribution in [2.75, 3.05) is 19.0 Å². The fourth-order valence-corrected chi connectivity index (χ4v) is 3.82. The van der Waals surface area contributed by atoms with E-state index in [9.17, 15) is 13.6 Å². The Hall–Kier alpha value is -1.65. The number of anilines is 1. The smallest absolute Gasteiger partial charge is 0.340 e. The van der Waals surface area contributed by atoms with E-state index in [1.54, 1.807) is 0 Å². The molecular formula is C16H19F2NO2. The first-order valence-corrected chi connectivity index (χ1v) is 7.40. The topological polar surface area (TPSA) is 38.3 Å². The van der Waals surface area contributed by atoms with Crippen LogP contribution in [-0.2, 0) is 4.74 Å². The van der Waals surface area contributed by atoms with Crippen molar-refractivity contribution in [3.8, 4) is 0 Å². The van der Waals surface area contributed by atoms with Crippen molar-refractivity contribution < 1.29 is 18.3 Å². The van der Waals surface area contributed by atoms with Gasteiger partial charge >= 0.3 is 5.97 Å². The molecule has 2 bridgehead atoms. The Bertz CT molecular complexity index is 561. The van der Waals surface area contributed by atoms with Crippen molar-refractivity contribution in [1.29, 1.82) is 0 Å². The molecule has 5 heteroatoms. The van der Waals surface area contributed by atoms with Gasteiger partial charge < -0.3 is 10.1 Å². The largest absolute Gasteiger partial charge is 0.465 e. The number of benzene rings is 1. The maximum atomic E-state index is 14.0. The molecule has 2 saturated carbocycles. The highest BCUT2D eigenvalue weighted by molar-refractivity contribution is 5.90. The van der Waals surface area contributed by atoms with Crippen LogP contribution in [0, 0.1) is 29.4 Å². The second kappa shape index (κ2) is 5.62. The first-order chi connectivity index (χ1) is 10.1. The summed E-state index contributed by atoms with van der Waals surface area (Å²) in [5.41, 5.74) is -0.261. The van der Waals surface area contributed by atoms with Gasteiger partial charge in [-0.15, -0.1) is 0 Å². The van der Waals surface area contributed by atoms with Gasteiger partial charge in [0.2, 0.25) is 0 Å². The third-order valence-corrected chi connectivity index (χ3v) is 4.93. The summed E-state index contributed by atoms with van der Waals surface area (Å²) < 4.78 is 32.2. The fraction of sp³-hybridized carbons (Fsp3) is 0.562. The van der Waals surface area contributed by atoms with Crippen LogP contribution >= 0.6 is 0 Å². The van der Waals surface area contributed by atoms with Gasteiger partial charge in [-0.2, -0.15) is 0 Å². The van der Waals surface area contributed by atoms with Crippen LogP contribution in [0.5, 0.6) is 0 Å². The molecule has 2 aliphatic carbocycles. The molecule has 3 rings (SSSR count). The van der Waals surface area contributed by atoms with E-state index < -0.39 is 17.6 Å². The number of halogens is 2. The summed E-state index contributed by atoms with van der Waals surface area (Å²) in [6, 6.07) is 2.66. The van der Waals surface area contributed by atoms with Gasteiger partial charge in [-0.05, 0) is 49.1 Å². The Morgan fingerprint density at radius 1 is 1.29 bits per heavy atom. The molecule has 0 heterocycles. The number of hydrogen-bond acceptors (Lipinski definition) is 3. The Morgan fingerprint density at radius 3 is 2.71 bits per heavy atom. The summed E-state index contributed by atoms with van der Waals surface area (Å²) in [5, 5.41) is 3.00. The number of rotatable bonds is 4. The number of esters is 1. The molecule has 0 saturated heterocycles. The Morgan fingerprint density at radius 2 is 2.10 bits per heavy atom. The minimum absolute atomic E-state index is 0.114. The maximum absolute atomic E-state index is 14.0. The maximum Gasteiger partial charge on any atom is 0.340 e. The van der Waals surface area contributed by atoms with E-state index in [1.165, 1.54) is 37.8 Å². The normalized spacial score (nSPS) is 26.9. The van der Waals surface area contributed by atoms with Gasteiger partial charge in [-0.3, -0.25) is 0 Å². The Balaban J connectivity index is 1.68. The minimum Gasteiger partial charge on any atom is -0.465 e.